The molecule has 1 rings (SSSR count). The Balaban J connectivity index is 2.69. The molecule has 0 saturated heterocycles. The van der Waals surface area contributed by atoms with E-state index in [2.05, 4.69) is 20.8 Å². The maximum atomic E-state index is 9.63. The Labute approximate surface area is 160 Å². The topological polar surface area (TPSA) is 64.7 Å². The van der Waals surface area contributed by atoms with E-state index in [1.807, 2.05) is 32.0 Å². The predicted octanol–water partition coefficient (Wildman–Crippen LogP) is 4.57. The zero-order chi connectivity index (χ0) is 19.7. The minimum Gasteiger partial charge on any atom is -0.496 e. The van der Waals surface area contributed by atoms with E-state index in [4.69, 9.17) is 15.2 Å². The van der Waals surface area contributed by atoms with E-state index < -0.39 is 5.54 Å². The molecule has 26 heavy (non-hydrogen) atoms. The number of ether oxygens (including phenoxy) is 2. The molecule has 0 bridgehead atoms. The summed E-state index contributed by atoms with van der Waals surface area (Å²) >= 11 is 0. The first-order chi connectivity index (χ1) is 12.2. The molecule has 0 amide bonds. The first-order valence-corrected chi connectivity index (χ1v) is 9.95. The molecule has 4 heteroatoms. The van der Waals surface area contributed by atoms with Gasteiger partial charge in [-0.1, -0.05) is 40.2 Å². The van der Waals surface area contributed by atoms with Gasteiger partial charge in [0.15, 0.2) is 0 Å². The minimum atomic E-state index is -0.564. The summed E-state index contributed by atoms with van der Waals surface area (Å²) in [4.78, 5) is 0. The largest absolute Gasteiger partial charge is 0.496 e. The second-order valence-electron chi connectivity index (χ2n) is 8.27. The van der Waals surface area contributed by atoms with Crippen molar-refractivity contribution in [2.45, 2.75) is 78.4 Å². The van der Waals surface area contributed by atoms with Gasteiger partial charge in [-0.05, 0) is 56.1 Å². The summed E-state index contributed by atoms with van der Waals surface area (Å²) in [5.74, 6) is 2.61. The number of rotatable bonds is 12. The highest BCUT2D eigenvalue weighted by atomic mass is 16.5. The Kier molecular flexibility index (Phi) is 9.45. The van der Waals surface area contributed by atoms with E-state index >= 15 is 0 Å². The third-order valence-corrected chi connectivity index (χ3v) is 5.29. The van der Waals surface area contributed by atoms with E-state index in [-0.39, 0.29) is 18.6 Å². The molecule has 0 fully saturated rings. The molecule has 1 aromatic rings. The van der Waals surface area contributed by atoms with Crippen LogP contribution in [0.5, 0.6) is 11.5 Å². The van der Waals surface area contributed by atoms with Crippen molar-refractivity contribution >= 4 is 0 Å². The average Bonchev–Trinajstić information content (AvgIpc) is 2.59. The fourth-order valence-corrected chi connectivity index (χ4v) is 3.03. The van der Waals surface area contributed by atoms with Crippen molar-refractivity contribution in [3.05, 3.63) is 23.8 Å². The van der Waals surface area contributed by atoms with Gasteiger partial charge in [0.05, 0.1) is 19.8 Å². The van der Waals surface area contributed by atoms with Gasteiger partial charge in [-0.15, -0.1) is 0 Å². The fraction of sp³-hybridized carbons (Fsp3) is 0.727. The Bertz CT molecular complexity index is 530. The number of aliphatic hydroxyl groups is 1. The minimum absolute atomic E-state index is 0.0118. The molecular weight excluding hydrogens is 326 g/mol. The summed E-state index contributed by atoms with van der Waals surface area (Å²) in [6.45, 7) is 10.7. The molecule has 1 aromatic carbocycles. The number of aryl methyl sites for hydroxylation is 1. The number of hydrogen-bond acceptors (Lipinski definition) is 4. The summed E-state index contributed by atoms with van der Waals surface area (Å²) in [6, 6.07) is 6.01. The molecule has 0 radical (unpaired) electrons. The summed E-state index contributed by atoms with van der Waals surface area (Å²) < 4.78 is 11.6. The van der Waals surface area contributed by atoms with Crippen molar-refractivity contribution in [1.29, 1.82) is 0 Å². The summed E-state index contributed by atoms with van der Waals surface area (Å²) in [7, 11) is 1.68. The molecule has 0 aliphatic carbocycles. The molecule has 0 spiro atoms. The van der Waals surface area contributed by atoms with Gasteiger partial charge in [0.1, 0.15) is 11.5 Å². The average molecular weight is 366 g/mol. The van der Waals surface area contributed by atoms with Gasteiger partial charge in [-0.25, -0.2) is 0 Å². The van der Waals surface area contributed by atoms with Gasteiger partial charge in [0, 0.05) is 11.6 Å². The van der Waals surface area contributed by atoms with E-state index in [0.29, 0.717) is 6.42 Å². The quantitative estimate of drug-likeness (QED) is 0.569. The van der Waals surface area contributed by atoms with E-state index in [0.717, 1.165) is 35.8 Å². The number of benzene rings is 1. The van der Waals surface area contributed by atoms with Crippen LogP contribution in [0.15, 0.2) is 18.2 Å². The smallest absolute Gasteiger partial charge is 0.125 e. The molecule has 4 nitrogen and oxygen atoms in total. The van der Waals surface area contributed by atoms with Crippen LogP contribution in [-0.4, -0.2) is 30.5 Å². The second-order valence-corrected chi connectivity index (χ2v) is 8.27. The lowest BCUT2D eigenvalue weighted by Crippen LogP contribution is -2.48. The Hall–Kier alpha value is -1.26. The summed E-state index contributed by atoms with van der Waals surface area (Å²) in [6.07, 6.45) is 5.14. The number of hydrogen-bond donors (Lipinski definition) is 2. The first kappa shape index (κ1) is 22.8. The SMILES string of the molecule is COc1cc(O[C@@H](C)CCCC(C)C)ccc1CCC(N)(CO)C(C)C. The lowest BCUT2D eigenvalue weighted by atomic mass is 9.83. The standard InChI is InChI=1S/C22H39NO3/c1-16(2)8-7-9-18(5)26-20-11-10-19(21(14-20)25-6)12-13-22(23,15-24)17(3)4/h10-11,14,16-18,24H,7-9,12-13,15,23H2,1-6H3/t18-,22?/m0/s1. The maximum Gasteiger partial charge on any atom is 0.125 e. The normalized spacial score (nSPS) is 15.2. The number of nitrogens with two attached hydrogens (primary N) is 1. The molecule has 0 saturated carbocycles. The van der Waals surface area contributed by atoms with Gasteiger partial charge in [0.2, 0.25) is 0 Å². The van der Waals surface area contributed by atoms with Gasteiger partial charge in [-0.3, -0.25) is 0 Å². The van der Waals surface area contributed by atoms with Crippen LogP contribution in [0.1, 0.15) is 65.9 Å². The molecule has 2 atom stereocenters. The molecule has 3 N–H and O–H groups in total. The lowest BCUT2D eigenvalue weighted by molar-refractivity contribution is 0.146. The molecule has 0 heterocycles. The monoisotopic (exact) mass is 365 g/mol. The van der Waals surface area contributed by atoms with E-state index in [9.17, 15) is 5.11 Å². The second kappa shape index (κ2) is 10.8. The van der Waals surface area contributed by atoms with Crippen LogP contribution >= 0.6 is 0 Å². The van der Waals surface area contributed by atoms with Crippen LogP contribution in [0.2, 0.25) is 0 Å². The van der Waals surface area contributed by atoms with Gasteiger partial charge >= 0.3 is 0 Å². The molecule has 0 aromatic heterocycles. The van der Waals surface area contributed by atoms with Gasteiger partial charge in [-0.2, -0.15) is 0 Å². The zero-order valence-corrected chi connectivity index (χ0v) is 17.5. The van der Waals surface area contributed by atoms with Crippen LogP contribution in [0.4, 0.5) is 0 Å². The Morgan fingerprint density at radius 2 is 1.81 bits per heavy atom. The highest BCUT2D eigenvalue weighted by Gasteiger charge is 2.28. The first-order valence-electron chi connectivity index (χ1n) is 9.95. The molecule has 150 valence electrons. The van der Waals surface area contributed by atoms with E-state index in [1.165, 1.54) is 12.8 Å². The van der Waals surface area contributed by atoms with Crippen LogP contribution in [0.3, 0.4) is 0 Å². The number of aliphatic hydroxyl groups excluding tert-OH is 1. The predicted molar refractivity (Wildman–Crippen MR) is 109 cm³/mol. The molecular formula is C22H39NO3. The molecule has 0 aliphatic rings. The third-order valence-electron chi connectivity index (χ3n) is 5.29. The molecule has 1 unspecified atom stereocenters. The van der Waals surface area contributed by atoms with Gasteiger partial charge < -0.3 is 20.3 Å². The highest BCUT2D eigenvalue weighted by molar-refractivity contribution is 5.41. The maximum absolute atomic E-state index is 9.63. The van der Waals surface area contributed by atoms with Gasteiger partial charge in [0.25, 0.3) is 0 Å². The lowest BCUT2D eigenvalue weighted by Gasteiger charge is -2.31. The van der Waals surface area contributed by atoms with Crippen molar-refractivity contribution < 1.29 is 14.6 Å². The van der Waals surface area contributed by atoms with Crippen LogP contribution in [0, 0.1) is 11.8 Å². The van der Waals surface area contributed by atoms with Crippen molar-refractivity contribution in [3.63, 3.8) is 0 Å². The van der Waals surface area contributed by atoms with Crippen LogP contribution < -0.4 is 15.2 Å². The third kappa shape index (κ3) is 7.16. The van der Waals surface area contributed by atoms with Crippen molar-refractivity contribution in [3.8, 4) is 11.5 Å². The van der Waals surface area contributed by atoms with Crippen molar-refractivity contribution in [2.24, 2.45) is 17.6 Å². The van der Waals surface area contributed by atoms with E-state index in [1.54, 1.807) is 7.11 Å². The van der Waals surface area contributed by atoms with Crippen molar-refractivity contribution in [2.75, 3.05) is 13.7 Å². The fourth-order valence-electron chi connectivity index (χ4n) is 3.03. The Morgan fingerprint density at radius 3 is 2.35 bits per heavy atom. The molecule has 0 aliphatic heterocycles. The number of methoxy groups -OCH3 is 1. The summed E-state index contributed by atoms with van der Waals surface area (Å²) in [5.41, 5.74) is 6.86. The van der Waals surface area contributed by atoms with Crippen molar-refractivity contribution in [1.82, 2.24) is 0 Å². The zero-order valence-electron chi connectivity index (χ0n) is 17.5. The highest BCUT2D eigenvalue weighted by Crippen LogP contribution is 2.29. The Morgan fingerprint density at radius 1 is 1.12 bits per heavy atom. The van der Waals surface area contributed by atoms with Crippen LogP contribution in [-0.2, 0) is 6.42 Å². The van der Waals surface area contributed by atoms with Crippen LogP contribution in [0.25, 0.3) is 0 Å². The summed E-state index contributed by atoms with van der Waals surface area (Å²) in [5, 5.41) is 9.63.